The number of hydrogen-bond acceptors (Lipinski definition) is 2. The molecule has 0 aliphatic heterocycles. The second kappa shape index (κ2) is 8.71. The van der Waals surface area contributed by atoms with Gasteiger partial charge in [0.2, 0.25) is 0 Å². The fraction of sp³-hybridized carbons (Fsp3) is 0.923. The van der Waals surface area contributed by atoms with Gasteiger partial charge in [0.15, 0.2) is 0 Å². The van der Waals surface area contributed by atoms with Gasteiger partial charge in [-0.3, -0.25) is 9.59 Å². The van der Waals surface area contributed by atoms with E-state index in [1.807, 2.05) is 0 Å². The molecule has 0 heterocycles. The van der Waals surface area contributed by atoms with Crippen LogP contribution in [-0.4, -0.2) is 16.9 Å². The van der Waals surface area contributed by atoms with Crippen LogP contribution in [0.4, 0.5) is 0 Å². The molecule has 0 spiro atoms. The van der Waals surface area contributed by atoms with Gasteiger partial charge in [-0.25, -0.2) is 0 Å². The first-order valence-electron chi connectivity index (χ1n) is 12.4. The van der Waals surface area contributed by atoms with Gasteiger partial charge in [-0.05, 0) is 73.5 Å². The largest absolute Gasteiger partial charge is 0.481 e. The normalized spacial score (nSPS) is 41.4. The van der Waals surface area contributed by atoms with Gasteiger partial charge in [0, 0.05) is 11.8 Å². The van der Waals surface area contributed by atoms with Crippen LogP contribution in [0.2, 0.25) is 0 Å². The maximum atomic E-state index is 12.9. The molecule has 3 fully saturated rings. The summed E-state index contributed by atoms with van der Waals surface area (Å²) in [5, 5.41) is 10.3. The molecule has 1 N–H and O–H groups in total. The zero-order valence-electron chi connectivity index (χ0n) is 19.5. The summed E-state index contributed by atoms with van der Waals surface area (Å²) in [5.74, 6) is 1.69. The lowest BCUT2D eigenvalue weighted by Gasteiger charge is -2.53. The molecule has 0 unspecified atom stereocenters. The minimum atomic E-state index is -0.640. The molecule has 3 nitrogen and oxygen atoms in total. The molecule has 3 rings (SSSR count). The van der Waals surface area contributed by atoms with E-state index in [2.05, 4.69) is 34.6 Å². The lowest BCUT2D eigenvalue weighted by atomic mass is 9.50. The Morgan fingerprint density at radius 1 is 1.03 bits per heavy atom. The third-order valence-electron chi connectivity index (χ3n) is 9.56. The Morgan fingerprint density at radius 3 is 2.38 bits per heavy atom. The second-order valence-electron chi connectivity index (χ2n) is 11.7. The van der Waals surface area contributed by atoms with Crippen LogP contribution in [0.25, 0.3) is 0 Å². The van der Waals surface area contributed by atoms with Crippen molar-refractivity contribution in [2.24, 2.45) is 46.3 Å². The average molecular weight is 405 g/mol. The first-order valence-corrected chi connectivity index (χ1v) is 12.4. The number of carboxylic acids is 1. The highest BCUT2D eigenvalue weighted by Gasteiger charge is 2.60. The Balaban J connectivity index is 1.79. The molecule has 3 saturated carbocycles. The zero-order valence-corrected chi connectivity index (χ0v) is 19.5. The summed E-state index contributed by atoms with van der Waals surface area (Å²) >= 11 is 0. The number of Topliss-reactive ketones (excluding diaryl/α,β-unsaturated/α-hetero) is 1. The van der Waals surface area contributed by atoms with Crippen LogP contribution < -0.4 is 0 Å². The molecule has 0 saturated heterocycles. The molecule has 0 amide bonds. The molecule has 0 bridgehead atoms. The Hall–Kier alpha value is -0.860. The molecule has 29 heavy (non-hydrogen) atoms. The van der Waals surface area contributed by atoms with Gasteiger partial charge in [-0.15, -0.1) is 0 Å². The third kappa shape index (κ3) is 4.17. The predicted octanol–water partition coefficient (Wildman–Crippen LogP) is 6.74. The SMILES string of the molecule is CC(C)CCC[C@@H](C)[C@@H]1CC[C@H]2[C@@H](C(=O)O)[C@@H]([C@@]3(C)CCCCC3=O)CC[C@@]21C. The highest BCUT2D eigenvalue weighted by atomic mass is 16.4. The Bertz CT molecular complexity index is 611. The van der Waals surface area contributed by atoms with Gasteiger partial charge in [-0.1, -0.05) is 60.3 Å². The number of rotatable bonds is 7. The zero-order chi connectivity index (χ0) is 21.4. The number of aliphatic carboxylic acids is 1. The van der Waals surface area contributed by atoms with Crippen molar-refractivity contribution in [3.05, 3.63) is 0 Å². The Labute approximate surface area is 178 Å². The topological polar surface area (TPSA) is 54.4 Å². The summed E-state index contributed by atoms with van der Waals surface area (Å²) in [6.45, 7) is 11.5. The van der Waals surface area contributed by atoms with Crippen molar-refractivity contribution in [1.82, 2.24) is 0 Å². The van der Waals surface area contributed by atoms with Crippen molar-refractivity contribution in [3.63, 3.8) is 0 Å². The van der Waals surface area contributed by atoms with Gasteiger partial charge in [-0.2, -0.15) is 0 Å². The fourth-order valence-corrected chi connectivity index (χ4v) is 7.82. The molecule has 0 aromatic rings. The van der Waals surface area contributed by atoms with Crippen molar-refractivity contribution in [3.8, 4) is 0 Å². The lowest BCUT2D eigenvalue weighted by Crippen LogP contribution is -2.52. The van der Waals surface area contributed by atoms with Crippen molar-refractivity contribution in [2.45, 2.75) is 105 Å². The molecule has 3 heteroatoms. The van der Waals surface area contributed by atoms with E-state index in [-0.39, 0.29) is 23.2 Å². The molecule has 0 radical (unpaired) electrons. The van der Waals surface area contributed by atoms with Crippen molar-refractivity contribution >= 4 is 11.8 Å². The Morgan fingerprint density at radius 2 is 1.76 bits per heavy atom. The van der Waals surface area contributed by atoms with Gasteiger partial charge < -0.3 is 5.11 Å². The maximum Gasteiger partial charge on any atom is 0.307 e. The smallest absolute Gasteiger partial charge is 0.307 e. The third-order valence-corrected chi connectivity index (χ3v) is 9.56. The molecule has 166 valence electrons. The van der Waals surface area contributed by atoms with E-state index in [9.17, 15) is 14.7 Å². The summed E-state index contributed by atoms with van der Waals surface area (Å²) in [7, 11) is 0. The fourth-order valence-electron chi connectivity index (χ4n) is 7.82. The van der Waals surface area contributed by atoms with E-state index < -0.39 is 11.4 Å². The number of carbonyl (C=O) groups excluding carboxylic acids is 1. The molecular formula is C26H44O3. The molecule has 3 aliphatic rings. The molecule has 7 atom stereocenters. The first-order chi connectivity index (χ1) is 13.6. The van der Waals surface area contributed by atoms with E-state index in [0.29, 0.717) is 24.0 Å². The van der Waals surface area contributed by atoms with Gasteiger partial charge in [0.25, 0.3) is 0 Å². The maximum absolute atomic E-state index is 12.9. The summed E-state index contributed by atoms with van der Waals surface area (Å²) in [6.07, 6.45) is 11.7. The predicted molar refractivity (Wildman–Crippen MR) is 118 cm³/mol. The van der Waals surface area contributed by atoms with Crippen LogP contribution in [0.15, 0.2) is 0 Å². The minimum absolute atomic E-state index is 0.0286. The molecule has 3 aliphatic carbocycles. The minimum Gasteiger partial charge on any atom is -0.481 e. The van der Waals surface area contributed by atoms with Crippen LogP contribution in [0.1, 0.15) is 105 Å². The quantitative estimate of drug-likeness (QED) is 0.511. The Kier molecular flexibility index (Phi) is 6.85. The second-order valence-corrected chi connectivity index (χ2v) is 11.7. The standard InChI is InChI=1S/C26H44O3/c1-17(2)9-8-10-18(3)19-12-13-20-23(24(28)29)21(14-16-25(19,20)4)26(5)15-7-6-11-22(26)27/h17-21,23H,6-16H2,1-5H3,(H,28,29)/t18-,19+,20+,21+,23-,25-,26-/m1/s1. The average Bonchev–Trinajstić information content (AvgIpc) is 2.99. The highest BCUT2D eigenvalue weighted by Crippen LogP contribution is 2.64. The summed E-state index contributed by atoms with van der Waals surface area (Å²) < 4.78 is 0. The number of carbonyl (C=O) groups is 2. The van der Waals surface area contributed by atoms with Gasteiger partial charge >= 0.3 is 5.97 Å². The monoisotopic (exact) mass is 404 g/mol. The van der Waals surface area contributed by atoms with E-state index in [4.69, 9.17) is 0 Å². The first kappa shape index (κ1) is 22.8. The number of carboxylic acid groups (broad SMARTS) is 1. The number of hydrogen-bond donors (Lipinski definition) is 1. The van der Waals surface area contributed by atoms with Crippen LogP contribution in [0, 0.1) is 46.3 Å². The summed E-state index contributed by atoms with van der Waals surface area (Å²) in [5.41, 5.74) is -0.283. The molecular weight excluding hydrogens is 360 g/mol. The number of ketones is 1. The van der Waals surface area contributed by atoms with E-state index >= 15 is 0 Å². The van der Waals surface area contributed by atoms with Crippen LogP contribution in [0.5, 0.6) is 0 Å². The van der Waals surface area contributed by atoms with Gasteiger partial charge in [0.05, 0.1) is 5.92 Å². The molecule has 0 aromatic heterocycles. The molecule has 0 aromatic carbocycles. The van der Waals surface area contributed by atoms with Crippen LogP contribution in [0.3, 0.4) is 0 Å². The van der Waals surface area contributed by atoms with Crippen LogP contribution in [-0.2, 0) is 9.59 Å². The highest BCUT2D eigenvalue weighted by molar-refractivity contribution is 5.86. The van der Waals surface area contributed by atoms with Crippen molar-refractivity contribution in [2.75, 3.05) is 0 Å². The van der Waals surface area contributed by atoms with Crippen molar-refractivity contribution in [1.29, 1.82) is 0 Å². The van der Waals surface area contributed by atoms with Gasteiger partial charge in [0.1, 0.15) is 5.78 Å². The summed E-state index contributed by atoms with van der Waals surface area (Å²) in [6, 6.07) is 0. The van der Waals surface area contributed by atoms with E-state index in [1.54, 1.807) is 0 Å². The van der Waals surface area contributed by atoms with E-state index in [1.165, 1.54) is 25.7 Å². The van der Waals surface area contributed by atoms with E-state index in [0.717, 1.165) is 44.4 Å². The van der Waals surface area contributed by atoms with Crippen LogP contribution >= 0.6 is 0 Å². The lowest BCUT2D eigenvalue weighted by molar-refractivity contribution is -0.161. The summed E-state index contributed by atoms with van der Waals surface area (Å²) in [4.78, 5) is 25.5. The number of fused-ring (bicyclic) bond motifs is 1. The van der Waals surface area contributed by atoms with Crippen molar-refractivity contribution < 1.29 is 14.7 Å².